The van der Waals surface area contributed by atoms with Gasteiger partial charge in [-0.05, 0) is 80.7 Å². The zero-order chi connectivity index (χ0) is 43.6. The monoisotopic (exact) mass is 864 g/mol. The van der Waals surface area contributed by atoms with Crippen LogP contribution < -0.4 is 30.6 Å². The number of imide groups is 2. The minimum Gasteiger partial charge on any atom is -0.496 e. The van der Waals surface area contributed by atoms with Gasteiger partial charge in [-0.3, -0.25) is 43.9 Å². The molecular formula is C45H52N8O8S. The lowest BCUT2D eigenvalue weighted by Crippen LogP contribution is -2.54. The zero-order valence-corrected chi connectivity index (χ0v) is 36.5. The molecule has 2 unspecified atom stereocenters. The van der Waals surface area contributed by atoms with E-state index >= 15 is 0 Å². The molecule has 0 bridgehead atoms. The van der Waals surface area contributed by atoms with Crippen molar-refractivity contribution in [1.29, 1.82) is 0 Å². The summed E-state index contributed by atoms with van der Waals surface area (Å²) in [7, 11) is 8.97. The number of aromatic nitrogens is 1. The van der Waals surface area contributed by atoms with Crippen LogP contribution in [-0.2, 0) is 23.2 Å². The van der Waals surface area contributed by atoms with Gasteiger partial charge in [-0.25, -0.2) is 0 Å². The molecule has 326 valence electrons. The summed E-state index contributed by atoms with van der Waals surface area (Å²) >= 11 is 1.34. The highest BCUT2D eigenvalue weighted by atomic mass is 32.1. The van der Waals surface area contributed by atoms with E-state index in [1.54, 1.807) is 44.0 Å². The number of piperazine rings is 1. The average Bonchev–Trinajstić information content (AvgIpc) is 3.92. The zero-order valence-electron chi connectivity index (χ0n) is 35.7. The van der Waals surface area contributed by atoms with E-state index in [0.717, 1.165) is 90.8 Å². The van der Waals surface area contributed by atoms with Crippen LogP contribution in [0.1, 0.15) is 55.2 Å². The lowest BCUT2D eigenvalue weighted by molar-refractivity contribution is -0.136. The largest absolute Gasteiger partial charge is 0.496 e. The Hall–Kier alpha value is -5.62. The topological polar surface area (TPSA) is 166 Å². The molecule has 2 aromatic carbocycles. The van der Waals surface area contributed by atoms with Gasteiger partial charge >= 0.3 is 0 Å². The highest BCUT2D eigenvalue weighted by Crippen LogP contribution is 2.43. The molecule has 2 aromatic heterocycles. The molecule has 5 aliphatic rings. The number of hydrogen-bond donors (Lipinski definition) is 2. The number of amides is 5. The van der Waals surface area contributed by atoms with Crippen molar-refractivity contribution in [2.75, 3.05) is 85.6 Å². The predicted octanol–water partition coefficient (Wildman–Crippen LogP) is 2.62. The fourth-order valence-corrected chi connectivity index (χ4v) is 11.0. The van der Waals surface area contributed by atoms with Crippen LogP contribution in [0.15, 0.2) is 47.4 Å². The Kier molecular flexibility index (Phi) is 11.2. The Labute approximate surface area is 363 Å². The van der Waals surface area contributed by atoms with E-state index in [9.17, 15) is 28.8 Å². The van der Waals surface area contributed by atoms with E-state index in [0.29, 0.717) is 45.7 Å². The highest BCUT2D eigenvalue weighted by Gasteiger charge is 2.48. The Balaban J connectivity index is 0.786. The van der Waals surface area contributed by atoms with Gasteiger partial charge in [0.2, 0.25) is 11.8 Å². The number of nitrogens with one attached hydrogen (secondary N) is 2. The minimum absolute atomic E-state index is 0.0805. The van der Waals surface area contributed by atoms with Crippen molar-refractivity contribution in [3.05, 3.63) is 74.5 Å². The van der Waals surface area contributed by atoms with Crippen LogP contribution in [0.4, 0.5) is 5.69 Å². The minimum atomic E-state index is -0.985. The summed E-state index contributed by atoms with van der Waals surface area (Å²) in [6.45, 7) is 7.69. The summed E-state index contributed by atoms with van der Waals surface area (Å²) in [6, 6.07) is 10.0. The summed E-state index contributed by atoms with van der Waals surface area (Å²) < 4.78 is 13.9. The molecule has 1 saturated carbocycles. The van der Waals surface area contributed by atoms with Crippen LogP contribution in [-0.4, -0.2) is 146 Å². The van der Waals surface area contributed by atoms with E-state index in [-0.39, 0.29) is 35.9 Å². The standard InChI is InChI=1S/C45H52N8O8S/c1-48(2)22-33-36(60-4)17-25(18-37(33)61-5)32-23-49(3)43(57)30-20-38(62-40(30)32)42(56)46-34-16-26-21-51(24-31(26)34)11-10-50-12-14-52(15-13-50)27-6-7-28-29(19-27)45(59)53(44(28)58)35-8-9-39(54)47-41(35)55/h6-7,17-20,23,26,31,34-35H,8-16,21-22,24H2,1-5H3,(H,46,56)(H,47,54,55)/t26-,31+,34?,35?/m1/s1. The van der Waals surface area contributed by atoms with Crippen LogP contribution >= 0.6 is 11.3 Å². The molecule has 0 radical (unpaired) electrons. The molecule has 2 N–H and O–H groups in total. The number of rotatable bonds is 12. The SMILES string of the molecule is COc1cc(-c2cn(C)c(=O)c3cc(C(=O)NC4C[C@@H]5CN(CCN6CCN(c7ccc8c(c7)C(=O)N(C7CCC(=O)NC7=O)C8=O)CC6)C[C@H]45)sc23)cc(OC)c1CN(C)C. The molecule has 4 atom stereocenters. The smallest absolute Gasteiger partial charge is 0.262 e. The van der Waals surface area contributed by atoms with Crippen molar-refractivity contribution in [1.82, 2.24) is 34.8 Å². The Morgan fingerprint density at radius 3 is 2.29 bits per heavy atom. The summed E-state index contributed by atoms with van der Waals surface area (Å²) in [4.78, 5) is 88.5. The van der Waals surface area contributed by atoms with Gasteiger partial charge in [-0.1, -0.05) is 0 Å². The number of anilines is 1. The van der Waals surface area contributed by atoms with Crippen LogP contribution in [0, 0.1) is 11.8 Å². The number of hydrogen-bond acceptors (Lipinski definition) is 13. The van der Waals surface area contributed by atoms with Crippen LogP contribution in [0.25, 0.3) is 21.2 Å². The Morgan fingerprint density at radius 2 is 1.60 bits per heavy atom. The molecule has 17 heteroatoms. The second-order valence-corrected chi connectivity index (χ2v) is 18.5. The van der Waals surface area contributed by atoms with Crippen LogP contribution in [0.3, 0.4) is 0 Å². The highest BCUT2D eigenvalue weighted by molar-refractivity contribution is 7.21. The number of aryl methyl sites for hydroxylation is 1. The van der Waals surface area contributed by atoms with Gasteiger partial charge in [0, 0.05) is 101 Å². The third-order valence-corrected chi connectivity index (χ3v) is 14.5. The number of nitrogens with zero attached hydrogens (tertiary/aromatic N) is 6. The number of likely N-dealkylation sites (tertiary alicyclic amines) is 1. The number of methoxy groups -OCH3 is 2. The second-order valence-electron chi connectivity index (χ2n) is 17.4. The lowest BCUT2D eigenvalue weighted by Gasteiger charge is -2.39. The van der Waals surface area contributed by atoms with E-state index in [1.807, 2.05) is 43.4 Å². The van der Waals surface area contributed by atoms with Crippen LogP contribution in [0.5, 0.6) is 11.5 Å². The van der Waals surface area contributed by atoms with Crippen molar-refractivity contribution in [2.24, 2.45) is 18.9 Å². The van der Waals surface area contributed by atoms with Gasteiger partial charge in [0.25, 0.3) is 23.3 Å². The number of thiophene rings is 1. The molecule has 6 heterocycles. The summed E-state index contributed by atoms with van der Waals surface area (Å²) in [5.74, 6) is 0.137. The Bertz CT molecular complexity index is 2540. The fourth-order valence-electron chi connectivity index (χ4n) is 9.94. The third kappa shape index (κ3) is 7.54. The molecule has 62 heavy (non-hydrogen) atoms. The maximum Gasteiger partial charge on any atom is 0.262 e. The first-order chi connectivity index (χ1) is 29.8. The van der Waals surface area contributed by atoms with E-state index in [1.165, 1.54) is 11.3 Å². The molecule has 9 rings (SSSR count). The number of fused-ring (bicyclic) bond motifs is 3. The van der Waals surface area contributed by atoms with Crippen LogP contribution in [0.2, 0.25) is 0 Å². The summed E-state index contributed by atoms with van der Waals surface area (Å²) in [5.41, 5.74) is 3.87. The predicted molar refractivity (Wildman–Crippen MR) is 234 cm³/mol. The first-order valence-electron chi connectivity index (χ1n) is 21.2. The van der Waals surface area contributed by atoms with Crippen molar-refractivity contribution in [3.8, 4) is 22.6 Å². The lowest BCUT2D eigenvalue weighted by atomic mass is 9.71. The van der Waals surface area contributed by atoms with Gasteiger partial charge in [0.1, 0.15) is 17.5 Å². The molecule has 0 spiro atoms. The maximum atomic E-state index is 13.8. The number of ether oxygens (including phenoxy) is 2. The number of carbonyl (C=O) groups is 5. The second kappa shape index (κ2) is 16.6. The van der Waals surface area contributed by atoms with E-state index in [2.05, 4.69) is 25.3 Å². The Morgan fingerprint density at radius 1 is 0.887 bits per heavy atom. The van der Waals surface area contributed by atoms with Gasteiger partial charge in [0.05, 0.1) is 41.2 Å². The van der Waals surface area contributed by atoms with Crippen molar-refractivity contribution in [2.45, 2.75) is 37.9 Å². The van der Waals surface area contributed by atoms with Crippen molar-refractivity contribution >= 4 is 56.6 Å². The third-order valence-electron chi connectivity index (χ3n) is 13.3. The number of pyridine rings is 1. The quantitative estimate of drug-likeness (QED) is 0.201. The molecular weight excluding hydrogens is 813 g/mol. The van der Waals surface area contributed by atoms with Gasteiger partial charge in [-0.15, -0.1) is 11.3 Å². The van der Waals surface area contributed by atoms with E-state index < -0.39 is 29.7 Å². The first-order valence-corrected chi connectivity index (χ1v) is 22.0. The fraction of sp³-hybridized carbons (Fsp3) is 0.467. The van der Waals surface area contributed by atoms with Crippen molar-refractivity contribution in [3.63, 3.8) is 0 Å². The average molecular weight is 865 g/mol. The normalized spacial score (nSPS) is 22.9. The molecule has 16 nitrogen and oxygen atoms in total. The number of carbonyl (C=O) groups excluding carboxylic acids is 5. The van der Waals surface area contributed by atoms with E-state index in [4.69, 9.17) is 9.47 Å². The molecule has 4 aliphatic heterocycles. The number of piperidine rings is 1. The molecule has 5 amide bonds. The maximum absolute atomic E-state index is 13.8. The molecule has 1 aliphatic carbocycles. The summed E-state index contributed by atoms with van der Waals surface area (Å²) in [6.07, 6.45) is 2.96. The van der Waals surface area contributed by atoms with Gasteiger partial charge < -0.3 is 34.1 Å². The molecule has 4 aromatic rings. The van der Waals surface area contributed by atoms with Crippen molar-refractivity contribution < 1.29 is 33.4 Å². The van der Waals surface area contributed by atoms with Gasteiger partial charge in [-0.2, -0.15) is 0 Å². The number of benzene rings is 2. The molecule has 3 saturated heterocycles. The molecule has 4 fully saturated rings. The first kappa shape index (κ1) is 41.7. The van der Waals surface area contributed by atoms with Gasteiger partial charge in [0.15, 0.2) is 0 Å². The summed E-state index contributed by atoms with van der Waals surface area (Å²) in [5, 5.41) is 6.06.